The molecular weight excluding hydrogens is 340 g/mol. The van der Waals surface area contributed by atoms with E-state index in [-0.39, 0.29) is 20.3 Å². The second-order valence-electron chi connectivity index (χ2n) is 2.51. The number of rotatable bonds is 3. The predicted molar refractivity (Wildman–Crippen MR) is 57.0 cm³/mol. The first-order chi connectivity index (χ1) is 6.91. The SMILES string of the molecule is NC(=O)c1cc(Br)c(OC(F)F)c(Br)c1. The van der Waals surface area contributed by atoms with Crippen LogP contribution in [-0.4, -0.2) is 12.5 Å². The minimum atomic E-state index is -2.93. The van der Waals surface area contributed by atoms with Crippen LogP contribution in [0.2, 0.25) is 0 Å². The van der Waals surface area contributed by atoms with E-state index >= 15 is 0 Å². The molecule has 1 amide bonds. The molecule has 0 radical (unpaired) electrons. The van der Waals surface area contributed by atoms with Crippen LogP contribution in [0.5, 0.6) is 5.75 Å². The molecule has 7 heteroatoms. The summed E-state index contributed by atoms with van der Waals surface area (Å²) < 4.78 is 28.7. The Labute approximate surface area is 101 Å². The molecule has 0 saturated carbocycles. The summed E-state index contributed by atoms with van der Waals surface area (Å²) in [5, 5.41) is 0. The van der Waals surface area contributed by atoms with Crippen LogP contribution in [0.4, 0.5) is 8.78 Å². The highest BCUT2D eigenvalue weighted by Gasteiger charge is 2.15. The molecule has 15 heavy (non-hydrogen) atoms. The monoisotopic (exact) mass is 343 g/mol. The Balaban J connectivity index is 3.15. The lowest BCUT2D eigenvalue weighted by molar-refractivity contribution is -0.0508. The van der Waals surface area contributed by atoms with E-state index in [4.69, 9.17) is 5.73 Å². The van der Waals surface area contributed by atoms with E-state index in [2.05, 4.69) is 36.6 Å². The summed E-state index contributed by atoms with van der Waals surface area (Å²) >= 11 is 6.00. The highest BCUT2D eigenvalue weighted by Crippen LogP contribution is 2.35. The average molecular weight is 345 g/mol. The molecule has 0 unspecified atom stereocenters. The van der Waals surface area contributed by atoms with Crippen molar-refractivity contribution in [1.82, 2.24) is 0 Å². The van der Waals surface area contributed by atoms with E-state index in [1.165, 1.54) is 12.1 Å². The van der Waals surface area contributed by atoms with Gasteiger partial charge in [0, 0.05) is 5.56 Å². The Morgan fingerprint density at radius 2 is 1.80 bits per heavy atom. The van der Waals surface area contributed by atoms with E-state index in [1.807, 2.05) is 0 Å². The third kappa shape index (κ3) is 3.13. The van der Waals surface area contributed by atoms with Gasteiger partial charge in [-0.2, -0.15) is 8.78 Å². The molecule has 0 heterocycles. The topological polar surface area (TPSA) is 52.3 Å². The number of amides is 1. The Kier molecular flexibility index (Phi) is 4.04. The molecule has 0 aromatic heterocycles. The van der Waals surface area contributed by atoms with E-state index in [9.17, 15) is 13.6 Å². The van der Waals surface area contributed by atoms with E-state index in [0.717, 1.165) is 0 Å². The number of carbonyl (C=O) groups excluding carboxylic acids is 1. The zero-order chi connectivity index (χ0) is 11.6. The van der Waals surface area contributed by atoms with Crippen molar-refractivity contribution in [3.63, 3.8) is 0 Å². The van der Waals surface area contributed by atoms with Crippen molar-refractivity contribution in [3.05, 3.63) is 26.6 Å². The third-order valence-corrected chi connectivity index (χ3v) is 2.67. The largest absolute Gasteiger partial charge is 0.432 e. The van der Waals surface area contributed by atoms with Gasteiger partial charge in [-0.3, -0.25) is 4.79 Å². The van der Waals surface area contributed by atoms with Gasteiger partial charge in [0.2, 0.25) is 5.91 Å². The van der Waals surface area contributed by atoms with Crippen LogP contribution < -0.4 is 10.5 Å². The van der Waals surface area contributed by atoms with Crippen molar-refractivity contribution >= 4 is 37.8 Å². The second-order valence-corrected chi connectivity index (χ2v) is 4.22. The molecular formula is C8H5Br2F2NO2. The van der Waals surface area contributed by atoms with Crippen molar-refractivity contribution in [2.24, 2.45) is 5.73 Å². The summed E-state index contributed by atoms with van der Waals surface area (Å²) in [6, 6.07) is 2.62. The molecule has 2 N–H and O–H groups in total. The van der Waals surface area contributed by atoms with Crippen LogP contribution in [-0.2, 0) is 0 Å². The number of nitrogens with two attached hydrogens (primary N) is 1. The number of primary amides is 1. The molecule has 0 fully saturated rings. The van der Waals surface area contributed by atoms with Gasteiger partial charge in [0.25, 0.3) is 0 Å². The Morgan fingerprint density at radius 3 is 2.13 bits per heavy atom. The molecule has 0 saturated heterocycles. The molecule has 0 aliphatic carbocycles. The molecule has 0 spiro atoms. The predicted octanol–water partition coefficient (Wildman–Crippen LogP) is 2.91. The molecule has 1 rings (SSSR count). The summed E-state index contributed by atoms with van der Waals surface area (Å²) in [5.41, 5.74) is 5.22. The molecule has 1 aromatic rings. The minimum Gasteiger partial charge on any atom is -0.432 e. The van der Waals surface area contributed by atoms with Crippen LogP contribution >= 0.6 is 31.9 Å². The van der Waals surface area contributed by atoms with Crippen molar-refractivity contribution in [2.45, 2.75) is 6.61 Å². The van der Waals surface area contributed by atoms with Crippen molar-refractivity contribution in [1.29, 1.82) is 0 Å². The lowest BCUT2D eigenvalue weighted by atomic mass is 10.2. The highest BCUT2D eigenvalue weighted by atomic mass is 79.9. The first-order valence-corrected chi connectivity index (χ1v) is 5.24. The fraction of sp³-hybridized carbons (Fsp3) is 0.125. The van der Waals surface area contributed by atoms with Crippen molar-refractivity contribution < 1.29 is 18.3 Å². The number of alkyl halides is 2. The van der Waals surface area contributed by atoms with Gasteiger partial charge < -0.3 is 10.5 Å². The Bertz CT molecular complexity index is 375. The van der Waals surface area contributed by atoms with Crippen LogP contribution in [0.3, 0.4) is 0 Å². The standard InChI is InChI=1S/C8H5Br2F2NO2/c9-4-1-3(7(13)14)2-5(10)6(4)15-8(11)12/h1-2,8H,(H2,13,14). The lowest BCUT2D eigenvalue weighted by Gasteiger charge is -2.09. The number of benzene rings is 1. The molecule has 82 valence electrons. The van der Waals surface area contributed by atoms with Crippen LogP contribution in [0, 0.1) is 0 Å². The summed E-state index contributed by atoms with van der Waals surface area (Å²) in [5.74, 6) is -0.727. The number of hydrogen-bond donors (Lipinski definition) is 1. The smallest absolute Gasteiger partial charge is 0.387 e. The van der Waals surface area contributed by atoms with Crippen LogP contribution in [0.1, 0.15) is 10.4 Å². The first-order valence-electron chi connectivity index (χ1n) is 3.65. The third-order valence-electron chi connectivity index (χ3n) is 1.49. The average Bonchev–Trinajstić information content (AvgIpc) is 2.10. The Morgan fingerprint density at radius 1 is 1.33 bits per heavy atom. The quantitative estimate of drug-likeness (QED) is 0.916. The summed E-state index contributed by atoms with van der Waals surface area (Å²) in [6.45, 7) is -2.93. The first kappa shape index (κ1) is 12.4. The van der Waals surface area contributed by atoms with Gasteiger partial charge in [-0.1, -0.05) is 0 Å². The summed E-state index contributed by atoms with van der Waals surface area (Å²) in [4.78, 5) is 10.8. The van der Waals surface area contributed by atoms with Crippen LogP contribution in [0.25, 0.3) is 0 Å². The molecule has 0 aliphatic heterocycles. The maximum absolute atomic E-state index is 12.0. The van der Waals surface area contributed by atoms with Crippen molar-refractivity contribution in [2.75, 3.05) is 0 Å². The molecule has 1 aromatic carbocycles. The van der Waals surface area contributed by atoms with E-state index in [0.29, 0.717) is 0 Å². The number of ether oxygens (including phenoxy) is 1. The van der Waals surface area contributed by atoms with Gasteiger partial charge in [-0.15, -0.1) is 0 Å². The molecule has 0 bridgehead atoms. The highest BCUT2D eigenvalue weighted by molar-refractivity contribution is 9.11. The van der Waals surface area contributed by atoms with Gasteiger partial charge in [-0.25, -0.2) is 0 Å². The van der Waals surface area contributed by atoms with E-state index < -0.39 is 12.5 Å². The zero-order valence-corrected chi connectivity index (χ0v) is 10.3. The fourth-order valence-electron chi connectivity index (χ4n) is 0.904. The molecule has 3 nitrogen and oxygen atoms in total. The van der Waals surface area contributed by atoms with Gasteiger partial charge in [0.15, 0.2) is 5.75 Å². The lowest BCUT2D eigenvalue weighted by Crippen LogP contribution is -2.11. The fourth-order valence-corrected chi connectivity index (χ4v) is 2.28. The van der Waals surface area contributed by atoms with E-state index in [1.54, 1.807) is 0 Å². The number of carbonyl (C=O) groups is 1. The maximum Gasteiger partial charge on any atom is 0.387 e. The van der Waals surface area contributed by atoms with Gasteiger partial charge in [0.05, 0.1) is 8.95 Å². The molecule has 0 aliphatic rings. The summed E-state index contributed by atoms with van der Waals surface area (Å²) in [7, 11) is 0. The maximum atomic E-state index is 12.0. The Hall–Kier alpha value is -0.690. The van der Waals surface area contributed by atoms with Gasteiger partial charge in [-0.05, 0) is 44.0 Å². The van der Waals surface area contributed by atoms with Crippen LogP contribution in [0.15, 0.2) is 21.1 Å². The zero-order valence-electron chi connectivity index (χ0n) is 7.14. The number of halogens is 4. The van der Waals surface area contributed by atoms with Gasteiger partial charge in [0.1, 0.15) is 0 Å². The van der Waals surface area contributed by atoms with Gasteiger partial charge >= 0.3 is 6.61 Å². The number of hydrogen-bond acceptors (Lipinski definition) is 2. The minimum absolute atomic E-state index is 0.0741. The summed E-state index contributed by atoms with van der Waals surface area (Å²) in [6.07, 6.45) is 0. The second kappa shape index (κ2) is 4.89. The van der Waals surface area contributed by atoms with Crippen molar-refractivity contribution in [3.8, 4) is 5.75 Å². The molecule has 0 atom stereocenters. The normalized spacial score (nSPS) is 10.5.